The molecule has 1 rings (SSSR count). The van der Waals surface area contributed by atoms with Crippen LogP contribution in [0, 0.1) is 5.41 Å². The lowest BCUT2D eigenvalue weighted by molar-refractivity contribution is -0.118. The van der Waals surface area contributed by atoms with Crippen LogP contribution in [-0.2, 0) is 11.3 Å². The highest BCUT2D eigenvalue weighted by Crippen LogP contribution is 2.04. The summed E-state index contributed by atoms with van der Waals surface area (Å²) in [7, 11) is 0. The molecule has 1 aromatic heterocycles. The summed E-state index contributed by atoms with van der Waals surface area (Å²) in [6.45, 7) is 0.0400. The first-order valence-corrected chi connectivity index (χ1v) is 4.08. The molecule has 3 N–H and O–H groups in total. The molecule has 0 aliphatic heterocycles. The van der Waals surface area contributed by atoms with Crippen molar-refractivity contribution in [2.75, 3.05) is 0 Å². The summed E-state index contributed by atoms with van der Waals surface area (Å²) >= 11 is 3.23. The van der Waals surface area contributed by atoms with Gasteiger partial charge in [0.1, 0.15) is 12.0 Å². The van der Waals surface area contributed by atoms with E-state index in [0.29, 0.717) is 0 Å². The fraction of sp³-hybridized carbons (Fsp3) is 0.143. The zero-order valence-corrected chi connectivity index (χ0v) is 7.84. The van der Waals surface area contributed by atoms with Gasteiger partial charge in [-0.15, -0.1) is 0 Å². The van der Waals surface area contributed by atoms with Crippen molar-refractivity contribution in [2.45, 2.75) is 6.54 Å². The number of hydrogen-bond acceptors (Lipinski definition) is 2. The predicted molar refractivity (Wildman–Crippen MR) is 47.2 cm³/mol. The Morgan fingerprint density at radius 1 is 1.67 bits per heavy atom. The fourth-order valence-electron chi connectivity index (χ4n) is 0.814. The second-order valence-corrected chi connectivity index (χ2v) is 3.24. The van der Waals surface area contributed by atoms with E-state index in [1.807, 2.05) is 0 Å². The van der Waals surface area contributed by atoms with Crippen molar-refractivity contribution < 1.29 is 4.79 Å². The second kappa shape index (κ2) is 3.53. The molecule has 0 spiro atoms. The van der Waals surface area contributed by atoms with E-state index in [1.165, 1.54) is 4.57 Å². The second-order valence-electron chi connectivity index (χ2n) is 2.33. The van der Waals surface area contributed by atoms with Crippen LogP contribution in [0.15, 0.2) is 22.8 Å². The van der Waals surface area contributed by atoms with Gasteiger partial charge >= 0.3 is 0 Å². The van der Waals surface area contributed by atoms with Crippen molar-refractivity contribution >= 4 is 21.8 Å². The quantitative estimate of drug-likeness (QED) is 0.749. The Kier molecular flexibility index (Phi) is 2.65. The Morgan fingerprint density at radius 2 is 2.33 bits per heavy atom. The SMILES string of the molecule is N=c1ccc(Br)cn1CC(N)=O. The molecule has 0 saturated heterocycles. The molecule has 12 heavy (non-hydrogen) atoms. The van der Waals surface area contributed by atoms with E-state index in [9.17, 15) is 4.79 Å². The highest BCUT2D eigenvalue weighted by Gasteiger charge is 1.97. The molecule has 0 unspecified atom stereocenters. The minimum absolute atomic E-state index is 0.0400. The van der Waals surface area contributed by atoms with Gasteiger partial charge in [-0.1, -0.05) is 0 Å². The zero-order chi connectivity index (χ0) is 9.14. The third-order valence-corrected chi connectivity index (χ3v) is 1.78. The summed E-state index contributed by atoms with van der Waals surface area (Å²) in [6.07, 6.45) is 1.65. The molecule has 0 radical (unpaired) electrons. The smallest absolute Gasteiger partial charge is 0.237 e. The molecule has 0 aliphatic rings. The minimum Gasteiger partial charge on any atom is -0.368 e. The van der Waals surface area contributed by atoms with Crippen molar-refractivity contribution in [1.82, 2.24) is 4.57 Å². The molecule has 1 aromatic rings. The van der Waals surface area contributed by atoms with Crippen LogP contribution in [0.3, 0.4) is 0 Å². The number of aromatic nitrogens is 1. The number of rotatable bonds is 2. The average Bonchev–Trinajstić information content (AvgIpc) is 1.96. The van der Waals surface area contributed by atoms with Crippen molar-refractivity contribution in [2.24, 2.45) is 5.73 Å². The lowest BCUT2D eigenvalue weighted by atomic mass is 10.4. The van der Waals surface area contributed by atoms with Gasteiger partial charge in [0, 0.05) is 10.7 Å². The monoisotopic (exact) mass is 229 g/mol. The maximum absolute atomic E-state index is 10.5. The summed E-state index contributed by atoms with van der Waals surface area (Å²) in [5, 5.41) is 7.40. The Bertz CT molecular complexity index is 358. The van der Waals surface area contributed by atoms with Crippen LogP contribution in [-0.4, -0.2) is 10.5 Å². The number of carbonyl (C=O) groups is 1. The Balaban J connectivity index is 3.06. The van der Waals surface area contributed by atoms with E-state index in [1.54, 1.807) is 18.3 Å². The lowest BCUT2D eigenvalue weighted by Gasteiger charge is -2.03. The first-order chi connectivity index (χ1) is 5.59. The minimum atomic E-state index is -0.452. The molecule has 5 heteroatoms. The number of nitrogens with zero attached hydrogens (tertiary/aromatic N) is 1. The molecule has 1 heterocycles. The molecular weight excluding hydrogens is 222 g/mol. The molecule has 0 atom stereocenters. The summed E-state index contributed by atoms with van der Waals surface area (Å²) in [6, 6.07) is 3.33. The highest BCUT2D eigenvalue weighted by molar-refractivity contribution is 9.10. The fourth-order valence-corrected chi connectivity index (χ4v) is 1.19. The molecule has 0 fully saturated rings. The lowest BCUT2D eigenvalue weighted by Crippen LogP contribution is -2.27. The van der Waals surface area contributed by atoms with Crippen LogP contribution in [0.4, 0.5) is 0 Å². The first kappa shape index (κ1) is 8.99. The van der Waals surface area contributed by atoms with Gasteiger partial charge in [0.2, 0.25) is 5.91 Å². The van der Waals surface area contributed by atoms with E-state index in [0.717, 1.165) is 4.47 Å². The predicted octanol–water partition coefficient (Wildman–Crippen LogP) is 0.215. The molecular formula is C7H8BrN3O. The van der Waals surface area contributed by atoms with Crippen molar-refractivity contribution in [1.29, 1.82) is 5.41 Å². The van der Waals surface area contributed by atoms with Gasteiger partial charge in [-0.05, 0) is 28.1 Å². The van der Waals surface area contributed by atoms with Crippen LogP contribution in [0.2, 0.25) is 0 Å². The number of carbonyl (C=O) groups excluding carboxylic acids is 1. The largest absolute Gasteiger partial charge is 0.368 e. The van der Waals surface area contributed by atoms with E-state index < -0.39 is 5.91 Å². The number of hydrogen-bond donors (Lipinski definition) is 2. The average molecular weight is 230 g/mol. The number of pyridine rings is 1. The summed E-state index contributed by atoms with van der Waals surface area (Å²) in [5.41, 5.74) is 5.25. The number of primary amides is 1. The molecule has 1 amide bonds. The van der Waals surface area contributed by atoms with Gasteiger partial charge in [0.25, 0.3) is 0 Å². The van der Waals surface area contributed by atoms with Gasteiger partial charge < -0.3 is 10.3 Å². The van der Waals surface area contributed by atoms with Gasteiger partial charge in [-0.3, -0.25) is 10.2 Å². The van der Waals surface area contributed by atoms with E-state index >= 15 is 0 Å². The molecule has 0 aliphatic carbocycles. The number of nitrogens with one attached hydrogen (secondary N) is 1. The summed E-state index contributed by atoms with van der Waals surface area (Å²) in [5.74, 6) is -0.452. The van der Waals surface area contributed by atoms with Crippen LogP contribution in [0.5, 0.6) is 0 Å². The van der Waals surface area contributed by atoms with Crippen LogP contribution >= 0.6 is 15.9 Å². The van der Waals surface area contributed by atoms with Gasteiger partial charge in [0.05, 0.1) is 0 Å². The molecule has 0 bridgehead atoms. The van der Waals surface area contributed by atoms with Gasteiger partial charge in [-0.25, -0.2) is 0 Å². The van der Waals surface area contributed by atoms with Crippen LogP contribution in [0.1, 0.15) is 0 Å². The summed E-state index contributed by atoms with van der Waals surface area (Å²) in [4.78, 5) is 10.5. The normalized spacial score (nSPS) is 9.75. The molecule has 0 saturated carbocycles. The van der Waals surface area contributed by atoms with Crippen molar-refractivity contribution in [3.63, 3.8) is 0 Å². The number of amides is 1. The van der Waals surface area contributed by atoms with Gasteiger partial charge in [0.15, 0.2) is 0 Å². The van der Waals surface area contributed by atoms with E-state index in [4.69, 9.17) is 11.1 Å². The highest BCUT2D eigenvalue weighted by atomic mass is 79.9. The maximum Gasteiger partial charge on any atom is 0.237 e. The topological polar surface area (TPSA) is 71.9 Å². The van der Waals surface area contributed by atoms with E-state index in [-0.39, 0.29) is 12.0 Å². The third kappa shape index (κ3) is 2.20. The molecule has 4 nitrogen and oxygen atoms in total. The van der Waals surface area contributed by atoms with Crippen molar-refractivity contribution in [3.05, 3.63) is 28.3 Å². The van der Waals surface area contributed by atoms with Crippen LogP contribution in [0.25, 0.3) is 0 Å². The molecule has 64 valence electrons. The Hall–Kier alpha value is -1.10. The van der Waals surface area contributed by atoms with E-state index in [2.05, 4.69) is 15.9 Å². The maximum atomic E-state index is 10.5. The Morgan fingerprint density at radius 3 is 2.92 bits per heavy atom. The van der Waals surface area contributed by atoms with Gasteiger partial charge in [-0.2, -0.15) is 0 Å². The number of nitrogens with two attached hydrogens (primary N) is 1. The first-order valence-electron chi connectivity index (χ1n) is 3.28. The standard InChI is InChI=1S/C7H8BrN3O/c8-5-1-2-6(9)11(3-5)4-7(10)12/h1-3,9H,4H2,(H2,10,12). The molecule has 0 aromatic carbocycles. The van der Waals surface area contributed by atoms with Crippen LogP contribution < -0.4 is 11.2 Å². The third-order valence-electron chi connectivity index (χ3n) is 1.32. The Labute approximate surface area is 77.6 Å². The zero-order valence-electron chi connectivity index (χ0n) is 6.25. The number of halogens is 1. The van der Waals surface area contributed by atoms with Crippen molar-refractivity contribution in [3.8, 4) is 0 Å². The summed E-state index contributed by atoms with van der Waals surface area (Å²) < 4.78 is 2.28.